The number of carbonyl (C=O) groups is 1. The lowest BCUT2D eigenvalue weighted by molar-refractivity contribution is 0.207. The molecule has 0 heterocycles. The molecule has 0 aromatic carbocycles. The van der Waals surface area contributed by atoms with Crippen LogP contribution in [-0.4, -0.2) is 31.1 Å². The molecule has 0 saturated heterocycles. The van der Waals surface area contributed by atoms with Gasteiger partial charge in [-0.25, -0.2) is 4.79 Å². The molecule has 0 rings (SSSR count). The van der Waals surface area contributed by atoms with Gasteiger partial charge in [0, 0.05) is 20.1 Å². The zero-order valence-corrected chi connectivity index (χ0v) is 7.48. The molecule has 0 spiro atoms. The molecular formula is C8H16N2O. The molecule has 0 aliphatic heterocycles. The Bertz CT molecular complexity index is 154. The first-order chi connectivity index (χ1) is 5.11. The Morgan fingerprint density at radius 1 is 1.64 bits per heavy atom. The van der Waals surface area contributed by atoms with Crippen LogP contribution in [0.4, 0.5) is 4.79 Å². The number of nitrogens with zero attached hydrogens (tertiary/aromatic N) is 1. The third kappa shape index (κ3) is 3.65. The Morgan fingerprint density at radius 2 is 2.18 bits per heavy atom. The van der Waals surface area contributed by atoms with Gasteiger partial charge >= 0.3 is 6.03 Å². The van der Waals surface area contributed by atoms with Crippen LogP contribution in [-0.2, 0) is 0 Å². The third-order valence-corrected chi connectivity index (χ3v) is 1.34. The fourth-order valence-corrected chi connectivity index (χ4v) is 0.811. The first-order valence-corrected chi connectivity index (χ1v) is 3.72. The summed E-state index contributed by atoms with van der Waals surface area (Å²) < 4.78 is 0. The Balaban J connectivity index is 3.94. The van der Waals surface area contributed by atoms with Crippen molar-refractivity contribution in [1.82, 2.24) is 10.2 Å². The molecule has 0 radical (unpaired) electrons. The van der Waals surface area contributed by atoms with E-state index in [0.717, 1.165) is 5.57 Å². The first kappa shape index (κ1) is 10.0. The monoisotopic (exact) mass is 156 g/mol. The molecule has 0 unspecified atom stereocenters. The Hall–Kier alpha value is -0.990. The topological polar surface area (TPSA) is 32.3 Å². The second-order valence-electron chi connectivity index (χ2n) is 2.53. The Kier molecular flexibility index (Phi) is 4.34. The van der Waals surface area contributed by atoms with Crippen LogP contribution in [0.3, 0.4) is 0 Å². The van der Waals surface area contributed by atoms with E-state index in [2.05, 4.69) is 11.9 Å². The van der Waals surface area contributed by atoms with Gasteiger partial charge in [0.25, 0.3) is 0 Å². The van der Waals surface area contributed by atoms with Crippen molar-refractivity contribution in [3.05, 3.63) is 12.2 Å². The van der Waals surface area contributed by atoms with Crippen molar-refractivity contribution in [3.63, 3.8) is 0 Å². The second kappa shape index (κ2) is 4.77. The van der Waals surface area contributed by atoms with Gasteiger partial charge < -0.3 is 10.2 Å². The summed E-state index contributed by atoms with van der Waals surface area (Å²) in [7, 11) is 1.63. The van der Waals surface area contributed by atoms with Crippen LogP contribution in [0.2, 0.25) is 0 Å². The van der Waals surface area contributed by atoms with E-state index in [1.54, 1.807) is 11.9 Å². The van der Waals surface area contributed by atoms with Crippen LogP contribution in [0.15, 0.2) is 12.2 Å². The Labute approximate surface area is 68.1 Å². The molecule has 0 fully saturated rings. The smallest absolute Gasteiger partial charge is 0.317 e. The molecule has 0 aromatic rings. The molecule has 0 atom stereocenters. The highest BCUT2D eigenvalue weighted by Gasteiger charge is 2.07. The first-order valence-electron chi connectivity index (χ1n) is 3.72. The maximum atomic E-state index is 11.1. The molecular weight excluding hydrogens is 140 g/mol. The van der Waals surface area contributed by atoms with E-state index in [4.69, 9.17) is 0 Å². The number of hydrogen-bond acceptors (Lipinski definition) is 1. The van der Waals surface area contributed by atoms with Crippen LogP contribution >= 0.6 is 0 Å². The summed E-state index contributed by atoms with van der Waals surface area (Å²) in [4.78, 5) is 12.7. The van der Waals surface area contributed by atoms with Gasteiger partial charge in [-0.3, -0.25) is 0 Å². The highest BCUT2D eigenvalue weighted by Crippen LogP contribution is 1.94. The Morgan fingerprint density at radius 3 is 2.45 bits per heavy atom. The predicted octanol–water partition coefficient (Wildman–Crippen LogP) is 1.22. The van der Waals surface area contributed by atoms with Crippen molar-refractivity contribution in [2.45, 2.75) is 13.8 Å². The molecule has 11 heavy (non-hydrogen) atoms. The maximum Gasteiger partial charge on any atom is 0.317 e. The summed E-state index contributed by atoms with van der Waals surface area (Å²) in [5.41, 5.74) is 0.996. The number of hydrogen-bond donors (Lipinski definition) is 1. The van der Waals surface area contributed by atoms with E-state index >= 15 is 0 Å². The van der Waals surface area contributed by atoms with Crippen LogP contribution < -0.4 is 5.32 Å². The van der Waals surface area contributed by atoms with Crippen LogP contribution in [0.5, 0.6) is 0 Å². The largest absolute Gasteiger partial charge is 0.341 e. The highest BCUT2D eigenvalue weighted by atomic mass is 16.2. The minimum Gasteiger partial charge on any atom is -0.341 e. The molecule has 64 valence electrons. The normalized spacial score (nSPS) is 9.00. The van der Waals surface area contributed by atoms with Gasteiger partial charge in [0.2, 0.25) is 0 Å². The third-order valence-electron chi connectivity index (χ3n) is 1.34. The molecule has 3 nitrogen and oxygen atoms in total. The number of urea groups is 1. The average molecular weight is 156 g/mol. The molecule has 2 amide bonds. The molecule has 1 N–H and O–H groups in total. The fourth-order valence-electron chi connectivity index (χ4n) is 0.811. The minimum atomic E-state index is -0.0458. The predicted molar refractivity (Wildman–Crippen MR) is 46.5 cm³/mol. The highest BCUT2D eigenvalue weighted by molar-refractivity contribution is 5.73. The number of nitrogens with one attached hydrogen (secondary N) is 1. The van der Waals surface area contributed by atoms with Crippen molar-refractivity contribution in [1.29, 1.82) is 0 Å². The van der Waals surface area contributed by atoms with Gasteiger partial charge in [0.05, 0.1) is 0 Å². The zero-order chi connectivity index (χ0) is 8.85. The van der Waals surface area contributed by atoms with Crippen molar-refractivity contribution in [3.8, 4) is 0 Å². The van der Waals surface area contributed by atoms with Gasteiger partial charge in [-0.2, -0.15) is 0 Å². The zero-order valence-electron chi connectivity index (χ0n) is 7.48. The van der Waals surface area contributed by atoms with Gasteiger partial charge in [0.1, 0.15) is 0 Å². The summed E-state index contributed by atoms with van der Waals surface area (Å²) in [6, 6.07) is -0.0458. The van der Waals surface area contributed by atoms with Crippen molar-refractivity contribution in [2.75, 3.05) is 20.1 Å². The van der Waals surface area contributed by atoms with E-state index < -0.39 is 0 Å². The molecule has 0 aliphatic rings. The van der Waals surface area contributed by atoms with E-state index in [0.29, 0.717) is 13.1 Å². The van der Waals surface area contributed by atoms with Crippen molar-refractivity contribution >= 4 is 6.03 Å². The van der Waals surface area contributed by atoms with Gasteiger partial charge in [0.15, 0.2) is 0 Å². The lowest BCUT2D eigenvalue weighted by atomic mass is 10.3. The number of carbonyl (C=O) groups excluding carboxylic acids is 1. The molecule has 3 heteroatoms. The van der Waals surface area contributed by atoms with Crippen LogP contribution in [0.1, 0.15) is 13.8 Å². The van der Waals surface area contributed by atoms with E-state index in [-0.39, 0.29) is 6.03 Å². The van der Waals surface area contributed by atoms with Gasteiger partial charge in [-0.05, 0) is 13.8 Å². The second-order valence-corrected chi connectivity index (χ2v) is 2.53. The minimum absolute atomic E-state index is 0.0458. The number of likely N-dealkylation sites (N-methyl/N-ethyl adjacent to an activating group) is 1. The summed E-state index contributed by atoms with van der Waals surface area (Å²) in [5, 5.41) is 2.57. The van der Waals surface area contributed by atoms with Gasteiger partial charge in [-0.1, -0.05) is 12.2 Å². The van der Waals surface area contributed by atoms with E-state index in [9.17, 15) is 4.79 Å². The molecule has 0 bridgehead atoms. The summed E-state index contributed by atoms with van der Waals surface area (Å²) >= 11 is 0. The quantitative estimate of drug-likeness (QED) is 0.612. The standard InChI is InChI=1S/C8H16N2O/c1-5-10(6-7(2)3)8(11)9-4/h2,5-6H2,1,3-4H3,(H,9,11). The summed E-state index contributed by atoms with van der Waals surface area (Å²) in [5.74, 6) is 0. The van der Waals surface area contributed by atoms with Crippen LogP contribution in [0.25, 0.3) is 0 Å². The molecule has 0 aromatic heterocycles. The lowest BCUT2D eigenvalue weighted by Crippen LogP contribution is -2.38. The lowest BCUT2D eigenvalue weighted by Gasteiger charge is -2.19. The van der Waals surface area contributed by atoms with Crippen molar-refractivity contribution in [2.24, 2.45) is 0 Å². The van der Waals surface area contributed by atoms with Crippen molar-refractivity contribution < 1.29 is 4.79 Å². The number of amides is 2. The van der Waals surface area contributed by atoms with Gasteiger partial charge in [-0.15, -0.1) is 0 Å². The maximum absolute atomic E-state index is 11.1. The SMILES string of the molecule is C=C(C)CN(CC)C(=O)NC. The molecule has 0 saturated carbocycles. The molecule has 0 aliphatic carbocycles. The number of rotatable bonds is 3. The van der Waals surface area contributed by atoms with Crippen LogP contribution in [0, 0.1) is 0 Å². The summed E-state index contributed by atoms with van der Waals surface area (Å²) in [6.45, 7) is 8.94. The van der Waals surface area contributed by atoms with E-state index in [1.165, 1.54) is 0 Å². The average Bonchev–Trinajstić information content (AvgIpc) is 1.98. The summed E-state index contributed by atoms with van der Waals surface area (Å²) in [6.07, 6.45) is 0. The fraction of sp³-hybridized carbons (Fsp3) is 0.625. The van der Waals surface area contributed by atoms with E-state index in [1.807, 2.05) is 13.8 Å².